The van der Waals surface area contributed by atoms with Crippen molar-refractivity contribution in [2.24, 2.45) is 0 Å². The van der Waals surface area contributed by atoms with Crippen molar-refractivity contribution >= 4 is 5.57 Å². The Kier molecular flexibility index (Phi) is 11.4. The van der Waals surface area contributed by atoms with Crippen LogP contribution < -0.4 is 0 Å². The van der Waals surface area contributed by atoms with Gasteiger partial charge in [0.05, 0.1) is 6.07 Å². The molecule has 0 N–H and O–H groups in total. The Morgan fingerprint density at radius 2 is 1.94 bits per heavy atom. The van der Waals surface area contributed by atoms with Crippen molar-refractivity contribution in [2.75, 3.05) is 0 Å². The zero-order valence-corrected chi connectivity index (χ0v) is 12.0. The van der Waals surface area contributed by atoms with Gasteiger partial charge in [0.1, 0.15) is 0 Å². The molecule has 2 nitrogen and oxygen atoms in total. The maximum Gasteiger partial charge on any atom is 0.0587 e. The van der Waals surface area contributed by atoms with E-state index in [9.17, 15) is 0 Å². The fourth-order valence-electron chi connectivity index (χ4n) is 1.17. The number of rotatable bonds is 2. The minimum absolute atomic E-state index is 1.04. The Morgan fingerprint density at radius 1 is 1.47 bits per heavy atom. The zero-order chi connectivity index (χ0) is 13.8. The largest absolute Gasteiger partial charge is 0.261 e. The number of hydrogen-bond donors (Lipinski definition) is 0. The predicted octanol–water partition coefficient (Wildman–Crippen LogP) is 4.54. The summed E-state index contributed by atoms with van der Waals surface area (Å²) in [7, 11) is 0. The van der Waals surface area contributed by atoms with E-state index in [0.717, 1.165) is 23.3 Å². The van der Waals surface area contributed by atoms with Gasteiger partial charge in [0.2, 0.25) is 0 Å². The molecule has 94 valence electrons. The lowest BCUT2D eigenvalue weighted by Crippen LogP contribution is -1.92. The molecule has 1 heterocycles. The van der Waals surface area contributed by atoms with Crippen LogP contribution in [0, 0.1) is 18.3 Å². The Balaban J connectivity index is 0. The number of allylic oxidation sites excluding steroid dienone is 1. The minimum atomic E-state index is 1.04. The second-order valence-corrected chi connectivity index (χ2v) is 3.33. The predicted molar refractivity (Wildman–Crippen MR) is 75.7 cm³/mol. The Morgan fingerprint density at radius 3 is 2.29 bits per heavy atom. The topological polar surface area (TPSA) is 36.7 Å². The molecule has 1 rings (SSSR count). The fourth-order valence-corrected chi connectivity index (χ4v) is 1.17. The van der Waals surface area contributed by atoms with Gasteiger partial charge in [0.25, 0.3) is 0 Å². The molecule has 0 fully saturated rings. The monoisotopic (exact) mass is 232 g/mol. The van der Waals surface area contributed by atoms with Crippen LogP contribution in [0.5, 0.6) is 0 Å². The fraction of sp³-hybridized carbons (Fsp3) is 0.467. The molecule has 0 saturated carbocycles. The summed E-state index contributed by atoms with van der Waals surface area (Å²) < 4.78 is 0. The van der Waals surface area contributed by atoms with Gasteiger partial charge in [-0.3, -0.25) is 4.98 Å². The standard InChI is InChI=1S/C11H15N.C2H3N.C2H6/c1-5-10-6-11(8(2)3)7-12-9(10)4;1-2-3;1-2/h6-7H,2,5H2,1,3-4H3;1H3;1-2H3. The van der Waals surface area contributed by atoms with Gasteiger partial charge in [0.15, 0.2) is 0 Å². The molecule has 0 radical (unpaired) electrons. The lowest BCUT2D eigenvalue weighted by atomic mass is 10.1. The number of nitriles is 1. The SMILES string of the molecule is C=C(C)c1cnc(C)c(CC)c1.CC.CC#N. The van der Waals surface area contributed by atoms with Crippen molar-refractivity contribution in [3.63, 3.8) is 0 Å². The van der Waals surface area contributed by atoms with Crippen LogP contribution in [0.4, 0.5) is 0 Å². The minimum Gasteiger partial charge on any atom is -0.261 e. The highest BCUT2D eigenvalue weighted by Crippen LogP contribution is 2.14. The van der Waals surface area contributed by atoms with E-state index in [4.69, 9.17) is 5.26 Å². The van der Waals surface area contributed by atoms with Gasteiger partial charge >= 0.3 is 0 Å². The van der Waals surface area contributed by atoms with Crippen LogP contribution >= 0.6 is 0 Å². The maximum absolute atomic E-state index is 7.32. The lowest BCUT2D eigenvalue weighted by Gasteiger charge is -2.05. The molecule has 0 aliphatic carbocycles. The molecule has 0 atom stereocenters. The molecule has 0 amide bonds. The highest BCUT2D eigenvalue weighted by atomic mass is 14.7. The van der Waals surface area contributed by atoms with Crippen molar-refractivity contribution < 1.29 is 0 Å². The van der Waals surface area contributed by atoms with E-state index in [1.165, 1.54) is 12.5 Å². The average Bonchev–Trinajstić information content (AvgIpc) is 2.33. The molecule has 0 aliphatic rings. The summed E-state index contributed by atoms with van der Waals surface area (Å²) in [5.74, 6) is 0. The Bertz CT molecular complexity index is 373. The molecule has 0 unspecified atom stereocenters. The summed E-state index contributed by atoms with van der Waals surface area (Å²) in [5, 5.41) is 7.32. The second kappa shape index (κ2) is 10.9. The van der Waals surface area contributed by atoms with Crippen LogP contribution in [0.2, 0.25) is 0 Å². The normalized spacial score (nSPS) is 7.82. The first-order chi connectivity index (χ1) is 8.06. The number of nitrogens with zero attached hydrogens (tertiary/aromatic N) is 2. The molecular formula is C15H24N2. The molecule has 0 spiro atoms. The van der Waals surface area contributed by atoms with Crippen LogP contribution in [0.15, 0.2) is 18.8 Å². The molecule has 0 bridgehead atoms. The number of aryl methyl sites for hydroxylation is 2. The molecule has 0 saturated heterocycles. The number of hydrogen-bond acceptors (Lipinski definition) is 2. The van der Waals surface area contributed by atoms with Gasteiger partial charge in [-0.1, -0.05) is 27.4 Å². The van der Waals surface area contributed by atoms with Gasteiger partial charge < -0.3 is 0 Å². The van der Waals surface area contributed by atoms with E-state index in [1.807, 2.05) is 33.9 Å². The summed E-state index contributed by atoms with van der Waals surface area (Å²) in [6, 6.07) is 3.92. The van der Waals surface area contributed by atoms with Gasteiger partial charge in [-0.2, -0.15) is 5.26 Å². The molecule has 0 aliphatic heterocycles. The molecular weight excluding hydrogens is 208 g/mol. The highest BCUT2D eigenvalue weighted by molar-refractivity contribution is 5.61. The van der Waals surface area contributed by atoms with Crippen LogP contribution in [0.3, 0.4) is 0 Å². The van der Waals surface area contributed by atoms with Gasteiger partial charge in [-0.05, 0) is 43.0 Å². The third-order valence-corrected chi connectivity index (χ3v) is 2.07. The summed E-state index contributed by atoms with van der Waals surface area (Å²) in [6.07, 6.45) is 2.93. The molecule has 2 heteroatoms. The first-order valence-corrected chi connectivity index (χ1v) is 5.99. The van der Waals surface area contributed by atoms with Crippen molar-refractivity contribution in [1.29, 1.82) is 5.26 Å². The highest BCUT2D eigenvalue weighted by Gasteiger charge is 1.99. The molecule has 17 heavy (non-hydrogen) atoms. The van der Waals surface area contributed by atoms with E-state index in [-0.39, 0.29) is 0 Å². The van der Waals surface area contributed by atoms with Crippen LogP contribution in [-0.2, 0) is 6.42 Å². The van der Waals surface area contributed by atoms with Gasteiger partial charge in [0, 0.05) is 18.8 Å². The number of pyridine rings is 1. The molecule has 1 aromatic rings. The summed E-state index contributed by atoms with van der Waals surface area (Å²) in [5.41, 5.74) is 4.67. The second-order valence-electron chi connectivity index (χ2n) is 3.33. The Labute approximate surface area is 106 Å². The van der Waals surface area contributed by atoms with Gasteiger partial charge in [-0.25, -0.2) is 0 Å². The van der Waals surface area contributed by atoms with E-state index in [0.29, 0.717) is 0 Å². The first-order valence-electron chi connectivity index (χ1n) is 5.99. The first kappa shape index (κ1) is 17.8. The van der Waals surface area contributed by atoms with Crippen molar-refractivity contribution in [3.05, 3.63) is 35.7 Å². The third-order valence-electron chi connectivity index (χ3n) is 2.07. The van der Waals surface area contributed by atoms with Crippen molar-refractivity contribution in [3.8, 4) is 6.07 Å². The maximum atomic E-state index is 7.32. The summed E-state index contributed by atoms with van der Waals surface area (Å²) in [6.45, 7) is 15.5. The lowest BCUT2D eigenvalue weighted by molar-refractivity contribution is 1.04. The van der Waals surface area contributed by atoms with E-state index in [1.54, 1.807) is 6.07 Å². The number of aromatic nitrogens is 1. The Hall–Kier alpha value is -1.62. The van der Waals surface area contributed by atoms with Crippen molar-refractivity contribution in [1.82, 2.24) is 4.98 Å². The van der Waals surface area contributed by atoms with E-state index >= 15 is 0 Å². The average molecular weight is 232 g/mol. The summed E-state index contributed by atoms with van der Waals surface area (Å²) >= 11 is 0. The smallest absolute Gasteiger partial charge is 0.0587 e. The molecule has 1 aromatic heterocycles. The quantitative estimate of drug-likeness (QED) is 0.750. The van der Waals surface area contributed by atoms with E-state index < -0.39 is 0 Å². The van der Waals surface area contributed by atoms with Crippen LogP contribution in [-0.4, -0.2) is 4.98 Å². The zero-order valence-electron chi connectivity index (χ0n) is 12.0. The van der Waals surface area contributed by atoms with Gasteiger partial charge in [-0.15, -0.1) is 0 Å². The van der Waals surface area contributed by atoms with Crippen LogP contribution in [0.1, 0.15) is 51.4 Å². The van der Waals surface area contributed by atoms with Crippen molar-refractivity contribution in [2.45, 2.75) is 48.0 Å². The van der Waals surface area contributed by atoms with Crippen LogP contribution in [0.25, 0.3) is 5.57 Å². The molecule has 0 aromatic carbocycles. The summed E-state index contributed by atoms with van der Waals surface area (Å²) in [4.78, 5) is 4.31. The van der Waals surface area contributed by atoms with E-state index in [2.05, 4.69) is 24.6 Å². The third kappa shape index (κ3) is 7.30.